The maximum absolute atomic E-state index is 6.17. The van der Waals surface area contributed by atoms with Crippen LogP contribution in [-0.4, -0.2) is 12.0 Å². The molecule has 1 aromatic carbocycles. The van der Waals surface area contributed by atoms with Crippen molar-refractivity contribution in [2.75, 3.05) is 7.05 Å². The van der Waals surface area contributed by atoms with Gasteiger partial charge in [0.1, 0.15) is 5.01 Å². The summed E-state index contributed by atoms with van der Waals surface area (Å²) in [6.45, 7) is 0. The molecule has 84 valence electrons. The number of rotatable bonds is 3. The van der Waals surface area contributed by atoms with Gasteiger partial charge in [-0.3, -0.25) is 0 Å². The van der Waals surface area contributed by atoms with Crippen molar-refractivity contribution in [1.29, 1.82) is 0 Å². The number of aromatic nitrogens is 1. The molecule has 0 aliphatic carbocycles. The number of nitrogens with zero attached hydrogens (tertiary/aromatic N) is 1. The molecule has 0 aliphatic heterocycles. The Morgan fingerprint density at radius 1 is 1.31 bits per heavy atom. The van der Waals surface area contributed by atoms with Crippen molar-refractivity contribution >= 4 is 34.5 Å². The van der Waals surface area contributed by atoms with E-state index in [2.05, 4.69) is 10.3 Å². The van der Waals surface area contributed by atoms with E-state index in [1.54, 1.807) is 17.5 Å². The molecule has 0 radical (unpaired) electrons. The lowest BCUT2D eigenvalue weighted by Gasteiger charge is -2.16. The summed E-state index contributed by atoms with van der Waals surface area (Å²) in [5, 5.41) is 7.38. The van der Waals surface area contributed by atoms with Gasteiger partial charge in [0.15, 0.2) is 0 Å². The van der Waals surface area contributed by atoms with Gasteiger partial charge in [-0.15, -0.1) is 11.3 Å². The average Bonchev–Trinajstić information content (AvgIpc) is 2.77. The zero-order chi connectivity index (χ0) is 11.5. The Balaban J connectivity index is 2.49. The minimum absolute atomic E-state index is 0.0544. The topological polar surface area (TPSA) is 24.9 Å². The quantitative estimate of drug-likeness (QED) is 0.921. The van der Waals surface area contributed by atoms with Crippen LogP contribution in [0.15, 0.2) is 29.8 Å². The molecule has 1 N–H and O–H groups in total. The molecule has 0 spiro atoms. The molecule has 0 aliphatic rings. The summed E-state index contributed by atoms with van der Waals surface area (Å²) in [6, 6.07) is 5.45. The largest absolute Gasteiger partial charge is 0.307 e. The molecule has 1 aromatic heterocycles. The first-order valence-corrected chi connectivity index (χ1v) is 6.38. The maximum Gasteiger partial charge on any atom is 0.114 e. The van der Waals surface area contributed by atoms with Gasteiger partial charge in [-0.2, -0.15) is 0 Å². The third-order valence-electron chi connectivity index (χ3n) is 2.28. The fraction of sp³-hybridized carbons (Fsp3) is 0.182. The van der Waals surface area contributed by atoms with Crippen molar-refractivity contribution < 1.29 is 0 Å². The molecular weight excluding hydrogens is 263 g/mol. The lowest BCUT2D eigenvalue weighted by Crippen LogP contribution is -2.18. The second-order valence-electron chi connectivity index (χ2n) is 3.23. The lowest BCUT2D eigenvalue weighted by molar-refractivity contribution is 0.687. The smallest absolute Gasteiger partial charge is 0.114 e. The number of benzene rings is 1. The lowest BCUT2D eigenvalue weighted by atomic mass is 10.1. The second kappa shape index (κ2) is 5.15. The number of halogens is 2. The van der Waals surface area contributed by atoms with Gasteiger partial charge in [-0.1, -0.05) is 29.3 Å². The van der Waals surface area contributed by atoms with E-state index in [4.69, 9.17) is 23.2 Å². The second-order valence-corrected chi connectivity index (χ2v) is 4.97. The van der Waals surface area contributed by atoms with Crippen LogP contribution < -0.4 is 5.32 Å². The van der Waals surface area contributed by atoms with Crippen LogP contribution in [0, 0.1) is 0 Å². The van der Waals surface area contributed by atoms with E-state index in [9.17, 15) is 0 Å². The van der Waals surface area contributed by atoms with E-state index in [0.29, 0.717) is 10.0 Å². The molecule has 16 heavy (non-hydrogen) atoms. The first-order chi connectivity index (χ1) is 7.74. The van der Waals surface area contributed by atoms with E-state index < -0.39 is 0 Å². The summed E-state index contributed by atoms with van der Waals surface area (Å²) in [7, 11) is 1.87. The van der Waals surface area contributed by atoms with Gasteiger partial charge in [0.2, 0.25) is 0 Å². The van der Waals surface area contributed by atoms with E-state index >= 15 is 0 Å². The first kappa shape index (κ1) is 11.9. The standard InChI is InChI=1S/C11H10Cl2N2S/c1-14-10(11-15-5-6-16-11)9-7(12)3-2-4-8(9)13/h2-6,10,14H,1H3. The minimum atomic E-state index is -0.0544. The van der Waals surface area contributed by atoms with Crippen molar-refractivity contribution in [3.63, 3.8) is 0 Å². The monoisotopic (exact) mass is 272 g/mol. The van der Waals surface area contributed by atoms with E-state index in [-0.39, 0.29) is 6.04 Å². The molecule has 1 atom stereocenters. The van der Waals surface area contributed by atoms with Gasteiger partial charge in [0, 0.05) is 27.2 Å². The van der Waals surface area contributed by atoms with Gasteiger partial charge in [0.05, 0.1) is 6.04 Å². The van der Waals surface area contributed by atoms with Crippen LogP contribution in [0.25, 0.3) is 0 Å². The summed E-state index contributed by atoms with van der Waals surface area (Å²) >= 11 is 13.9. The highest BCUT2D eigenvalue weighted by atomic mass is 35.5. The highest BCUT2D eigenvalue weighted by molar-refractivity contribution is 7.09. The van der Waals surface area contributed by atoms with Crippen molar-refractivity contribution in [2.24, 2.45) is 0 Å². The Bertz CT molecular complexity index is 451. The van der Waals surface area contributed by atoms with E-state index in [1.165, 1.54) is 0 Å². The minimum Gasteiger partial charge on any atom is -0.307 e. The van der Waals surface area contributed by atoms with Gasteiger partial charge in [-0.05, 0) is 19.2 Å². The summed E-state index contributed by atoms with van der Waals surface area (Å²) in [5.74, 6) is 0. The fourth-order valence-electron chi connectivity index (χ4n) is 1.55. The molecule has 2 nitrogen and oxygen atoms in total. The molecule has 1 heterocycles. The number of nitrogens with one attached hydrogen (secondary N) is 1. The molecule has 2 rings (SSSR count). The highest BCUT2D eigenvalue weighted by Gasteiger charge is 2.20. The normalized spacial score (nSPS) is 12.7. The molecular formula is C11H10Cl2N2S. The molecule has 0 saturated carbocycles. The Labute approximate surface area is 108 Å². The molecule has 0 saturated heterocycles. The zero-order valence-electron chi connectivity index (χ0n) is 8.58. The third kappa shape index (κ3) is 2.23. The van der Waals surface area contributed by atoms with Crippen molar-refractivity contribution in [3.05, 3.63) is 50.4 Å². The predicted octanol–water partition coefficient (Wildman–Crippen LogP) is 3.76. The van der Waals surface area contributed by atoms with Crippen LogP contribution in [0.1, 0.15) is 16.6 Å². The predicted molar refractivity (Wildman–Crippen MR) is 69.5 cm³/mol. The summed E-state index contributed by atoms with van der Waals surface area (Å²) < 4.78 is 0. The van der Waals surface area contributed by atoms with Gasteiger partial charge < -0.3 is 5.32 Å². The zero-order valence-corrected chi connectivity index (χ0v) is 10.9. The van der Waals surface area contributed by atoms with Gasteiger partial charge in [0.25, 0.3) is 0 Å². The van der Waals surface area contributed by atoms with Crippen LogP contribution in [0.4, 0.5) is 0 Å². The third-order valence-corrected chi connectivity index (χ3v) is 3.78. The SMILES string of the molecule is CNC(c1nccs1)c1c(Cl)cccc1Cl. The van der Waals surface area contributed by atoms with Crippen molar-refractivity contribution in [2.45, 2.75) is 6.04 Å². The Morgan fingerprint density at radius 3 is 2.50 bits per heavy atom. The number of hydrogen-bond acceptors (Lipinski definition) is 3. The average molecular weight is 273 g/mol. The highest BCUT2D eigenvalue weighted by Crippen LogP contribution is 2.34. The Morgan fingerprint density at radius 2 is 2.00 bits per heavy atom. The Hall–Kier alpha value is -0.610. The number of thiazole rings is 1. The van der Waals surface area contributed by atoms with Crippen molar-refractivity contribution in [1.82, 2.24) is 10.3 Å². The summed E-state index contributed by atoms with van der Waals surface area (Å²) in [4.78, 5) is 4.28. The van der Waals surface area contributed by atoms with Gasteiger partial charge >= 0.3 is 0 Å². The van der Waals surface area contributed by atoms with E-state index in [1.807, 2.05) is 30.6 Å². The van der Waals surface area contributed by atoms with Crippen LogP contribution in [-0.2, 0) is 0 Å². The first-order valence-electron chi connectivity index (χ1n) is 4.74. The Kier molecular flexibility index (Phi) is 3.82. The fourth-order valence-corrected chi connectivity index (χ4v) is 2.93. The van der Waals surface area contributed by atoms with Crippen LogP contribution in [0.2, 0.25) is 10.0 Å². The summed E-state index contributed by atoms with van der Waals surface area (Å²) in [6.07, 6.45) is 1.77. The molecule has 0 fully saturated rings. The molecule has 5 heteroatoms. The van der Waals surface area contributed by atoms with Crippen molar-refractivity contribution in [3.8, 4) is 0 Å². The van der Waals surface area contributed by atoms with Crippen LogP contribution in [0.3, 0.4) is 0 Å². The number of hydrogen-bond donors (Lipinski definition) is 1. The summed E-state index contributed by atoms with van der Waals surface area (Å²) in [5.41, 5.74) is 0.878. The maximum atomic E-state index is 6.17. The van der Waals surface area contributed by atoms with Crippen LogP contribution >= 0.6 is 34.5 Å². The molecule has 1 unspecified atom stereocenters. The van der Waals surface area contributed by atoms with E-state index in [0.717, 1.165) is 10.6 Å². The molecule has 0 amide bonds. The van der Waals surface area contributed by atoms with Gasteiger partial charge in [-0.25, -0.2) is 4.98 Å². The molecule has 2 aromatic rings. The molecule has 0 bridgehead atoms. The van der Waals surface area contributed by atoms with Crippen LogP contribution in [0.5, 0.6) is 0 Å².